The number of hydrogen-bond acceptors (Lipinski definition) is 5. The highest BCUT2D eigenvalue weighted by atomic mass is 35.5. The van der Waals surface area contributed by atoms with Gasteiger partial charge in [0.05, 0.1) is 4.88 Å². The van der Waals surface area contributed by atoms with Crippen molar-refractivity contribution in [3.8, 4) is 0 Å². The number of piperazine rings is 1. The first kappa shape index (κ1) is 20.8. The molecule has 0 saturated carbocycles. The van der Waals surface area contributed by atoms with Gasteiger partial charge < -0.3 is 15.5 Å². The maximum atomic E-state index is 13.0. The lowest BCUT2D eigenvalue weighted by molar-refractivity contribution is -0.138. The van der Waals surface area contributed by atoms with Crippen molar-refractivity contribution in [2.75, 3.05) is 26.2 Å². The summed E-state index contributed by atoms with van der Waals surface area (Å²) in [5.74, 6) is -0.0495. The second-order valence-electron chi connectivity index (χ2n) is 6.91. The van der Waals surface area contributed by atoms with Crippen LogP contribution in [0.25, 0.3) is 9.40 Å². The Balaban J connectivity index is 0.00000225. The zero-order valence-corrected chi connectivity index (χ0v) is 17.9. The van der Waals surface area contributed by atoms with E-state index in [9.17, 15) is 9.59 Å². The van der Waals surface area contributed by atoms with Crippen molar-refractivity contribution in [3.63, 3.8) is 0 Å². The Labute approximate surface area is 178 Å². The summed E-state index contributed by atoms with van der Waals surface area (Å²) in [6, 6.07) is 13.4. The second-order valence-corrected chi connectivity index (χ2v) is 8.94. The quantitative estimate of drug-likeness (QED) is 0.684. The fraction of sp³-hybridized carbons (Fsp3) is 0.300. The molecule has 5 nitrogen and oxygen atoms in total. The average molecular weight is 436 g/mol. The molecule has 0 radical (unpaired) electrons. The standard InChI is InChI=1S/C20H21N3O2S2.ClH/c1-20(21,14-5-3-2-4-6-14)19(25)23-10-8-22(9-11-23)18(24)17-13-16-15(27-17)7-12-26-16;/h2-7,12-13H,8-11,21H2,1H3;1H. The SMILES string of the molecule is CC(N)(C(=O)N1CCN(C(=O)c2cc3sccc3s2)CC1)c1ccccc1.Cl. The zero-order valence-electron chi connectivity index (χ0n) is 15.5. The van der Waals surface area contributed by atoms with Crippen molar-refractivity contribution in [2.45, 2.75) is 12.5 Å². The number of halogens is 1. The molecule has 0 bridgehead atoms. The molecule has 2 N–H and O–H groups in total. The van der Waals surface area contributed by atoms with E-state index in [1.54, 1.807) is 23.2 Å². The van der Waals surface area contributed by atoms with Gasteiger partial charge in [0.1, 0.15) is 5.54 Å². The lowest BCUT2D eigenvalue weighted by Gasteiger charge is -2.38. The van der Waals surface area contributed by atoms with E-state index in [2.05, 4.69) is 0 Å². The fourth-order valence-corrected chi connectivity index (χ4v) is 5.45. The van der Waals surface area contributed by atoms with Crippen LogP contribution < -0.4 is 5.73 Å². The topological polar surface area (TPSA) is 66.6 Å². The summed E-state index contributed by atoms with van der Waals surface area (Å²) in [5.41, 5.74) is 6.09. The van der Waals surface area contributed by atoms with Gasteiger partial charge >= 0.3 is 0 Å². The normalized spacial score (nSPS) is 16.5. The highest BCUT2D eigenvalue weighted by Crippen LogP contribution is 2.31. The van der Waals surface area contributed by atoms with E-state index in [1.165, 1.54) is 11.3 Å². The minimum Gasteiger partial charge on any atom is -0.337 e. The number of carbonyl (C=O) groups is 2. The van der Waals surface area contributed by atoms with E-state index >= 15 is 0 Å². The van der Waals surface area contributed by atoms with Crippen LogP contribution in [0.2, 0.25) is 0 Å². The van der Waals surface area contributed by atoms with Gasteiger partial charge in [0.2, 0.25) is 5.91 Å². The van der Waals surface area contributed by atoms with Gasteiger partial charge in [0, 0.05) is 35.6 Å². The lowest BCUT2D eigenvalue weighted by Crippen LogP contribution is -2.57. The van der Waals surface area contributed by atoms with Crippen LogP contribution in [0.4, 0.5) is 0 Å². The van der Waals surface area contributed by atoms with Gasteiger partial charge in [-0.15, -0.1) is 35.1 Å². The molecule has 0 aliphatic carbocycles. The van der Waals surface area contributed by atoms with Gasteiger partial charge in [0.15, 0.2) is 0 Å². The molecule has 1 aliphatic rings. The molecule has 1 fully saturated rings. The van der Waals surface area contributed by atoms with Crippen LogP contribution in [0.15, 0.2) is 47.8 Å². The molecular weight excluding hydrogens is 414 g/mol. The predicted octanol–water partition coefficient (Wildman–Crippen LogP) is 3.54. The van der Waals surface area contributed by atoms with Crippen molar-refractivity contribution < 1.29 is 9.59 Å². The molecular formula is C20H22ClN3O2S2. The molecule has 1 atom stereocenters. The molecule has 1 aromatic carbocycles. The minimum atomic E-state index is -1.06. The smallest absolute Gasteiger partial charge is 0.264 e. The lowest BCUT2D eigenvalue weighted by atomic mass is 9.91. The van der Waals surface area contributed by atoms with Crippen LogP contribution in [-0.2, 0) is 10.3 Å². The predicted molar refractivity (Wildman–Crippen MR) is 117 cm³/mol. The molecule has 28 heavy (non-hydrogen) atoms. The number of benzene rings is 1. The third kappa shape index (κ3) is 3.80. The minimum absolute atomic E-state index is 0. The zero-order chi connectivity index (χ0) is 19.0. The third-order valence-electron chi connectivity index (χ3n) is 5.02. The van der Waals surface area contributed by atoms with E-state index in [0.29, 0.717) is 26.2 Å². The number of rotatable bonds is 3. The van der Waals surface area contributed by atoms with Gasteiger partial charge in [-0.05, 0) is 30.0 Å². The van der Waals surface area contributed by atoms with E-state index in [0.717, 1.165) is 19.8 Å². The molecule has 1 saturated heterocycles. The van der Waals surface area contributed by atoms with Gasteiger partial charge in [-0.1, -0.05) is 30.3 Å². The van der Waals surface area contributed by atoms with Crippen molar-refractivity contribution >= 4 is 56.3 Å². The summed E-state index contributed by atoms with van der Waals surface area (Å²) in [7, 11) is 0. The first-order valence-electron chi connectivity index (χ1n) is 8.87. The van der Waals surface area contributed by atoms with Gasteiger partial charge in [-0.2, -0.15) is 0 Å². The summed E-state index contributed by atoms with van der Waals surface area (Å²) in [5, 5.41) is 2.04. The molecule has 2 aromatic heterocycles. The summed E-state index contributed by atoms with van der Waals surface area (Å²) < 4.78 is 2.30. The third-order valence-corrected chi connectivity index (χ3v) is 7.10. The maximum absolute atomic E-state index is 13.0. The highest BCUT2D eigenvalue weighted by molar-refractivity contribution is 7.27. The highest BCUT2D eigenvalue weighted by Gasteiger charge is 2.36. The van der Waals surface area contributed by atoms with Crippen LogP contribution in [0.3, 0.4) is 0 Å². The number of fused-ring (bicyclic) bond motifs is 1. The largest absolute Gasteiger partial charge is 0.337 e. The monoisotopic (exact) mass is 435 g/mol. The summed E-state index contributed by atoms with van der Waals surface area (Å²) in [6.45, 7) is 3.82. The van der Waals surface area contributed by atoms with Crippen molar-refractivity contribution in [1.82, 2.24) is 9.80 Å². The van der Waals surface area contributed by atoms with Crippen LogP contribution in [0, 0.1) is 0 Å². The Morgan fingerprint density at radius 2 is 1.64 bits per heavy atom. The van der Waals surface area contributed by atoms with Crippen LogP contribution in [0.5, 0.6) is 0 Å². The number of thiophene rings is 2. The number of carbonyl (C=O) groups excluding carboxylic acids is 2. The summed E-state index contributed by atoms with van der Waals surface area (Å²) >= 11 is 3.18. The number of nitrogens with zero attached hydrogens (tertiary/aromatic N) is 2. The van der Waals surface area contributed by atoms with Crippen molar-refractivity contribution in [2.24, 2.45) is 5.73 Å². The van der Waals surface area contributed by atoms with Crippen molar-refractivity contribution in [1.29, 1.82) is 0 Å². The molecule has 1 unspecified atom stereocenters. The van der Waals surface area contributed by atoms with Crippen LogP contribution >= 0.6 is 35.1 Å². The Kier molecular flexibility index (Phi) is 6.09. The van der Waals surface area contributed by atoms with E-state index in [4.69, 9.17) is 5.73 Å². The first-order chi connectivity index (χ1) is 13.0. The van der Waals surface area contributed by atoms with Crippen LogP contribution in [0.1, 0.15) is 22.2 Å². The Bertz CT molecular complexity index is 947. The molecule has 0 spiro atoms. The number of nitrogens with two attached hydrogens (primary N) is 1. The van der Waals surface area contributed by atoms with Crippen molar-refractivity contribution in [3.05, 3.63) is 58.3 Å². The van der Waals surface area contributed by atoms with Gasteiger partial charge in [-0.3, -0.25) is 9.59 Å². The van der Waals surface area contributed by atoms with Gasteiger partial charge in [0.25, 0.3) is 5.91 Å². The number of amides is 2. The Morgan fingerprint density at radius 1 is 1.00 bits per heavy atom. The molecule has 1 aliphatic heterocycles. The summed E-state index contributed by atoms with van der Waals surface area (Å²) in [4.78, 5) is 30.1. The second kappa shape index (κ2) is 8.21. The van der Waals surface area contributed by atoms with Crippen LogP contribution in [-0.4, -0.2) is 47.8 Å². The van der Waals surface area contributed by atoms with E-state index < -0.39 is 5.54 Å². The van der Waals surface area contributed by atoms with E-state index in [1.807, 2.05) is 52.7 Å². The Morgan fingerprint density at radius 3 is 2.29 bits per heavy atom. The first-order valence-corrected chi connectivity index (χ1v) is 10.6. The molecule has 3 aromatic rings. The molecule has 4 rings (SSSR count). The number of hydrogen-bond donors (Lipinski definition) is 1. The van der Waals surface area contributed by atoms with Gasteiger partial charge in [-0.25, -0.2) is 0 Å². The fourth-order valence-electron chi connectivity index (χ4n) is 3.38. The summed E-state index contributed by atoms with van der Waals surface area (Å²) in [6.07, 6.45) is 0. The molecule has 3 heterocycles. The molecule has 2 amide bonds. The molecule has 148 valence electrons. The Hall–Kier alpha value is -1.93. The molecule has 8 heteroatoms. The van der Waals surface area contributed by atoms with E-state index in [-0.39, 0.29) is 24.2 Å². The average Bonchev–Trinajstić information content (AvgIpc) is 3.30. The maximum Gasteiger partial charge on any atom is 0.264 e.